The molecule has 0 spiro atoms. The highest BCUT2D eigenvalue weighted by molar-refractivity contribution is 6.31. The van der Waals surface area contributed by atoms with Crippen LogP contribution in [0.3, 0.4) is 0 Å². The Labute approximate surface area is 124 Å². The number of rotatable bonds is 4. The van der Waals surface area contributed by atoms with Gasteiger partial charge in [0, 0.05) is 11.1 Å². The molecular formula is C17H19ClFN. The molecule has 1 atom stereocenters. The molecule has 0 saturated heterocycles. The van der Waals surface area contributed by atoms with Crippen LogP contribution in [0.1, 0.15) is 28.3 Å². The van der Waals surface area contributed by atoms with Crippen LogP contribution in [0.25, 0.3) is 0 Å². The van der Waals surface area contributed by atoms with Crippen molar-refractivity contribution in [2.75, 3.05) is 7.05 Å². The van der Waals surface area contributed by atoms with Crippen LogP contribution in [0.2, 0.25) is 5.02 Å². The van der Waals surface area contributed by atoms with Crippen molar-refractivity contribution in [1.29, 1.82) is 0 Å². The van der Waals surface area contributed by atoms with Gasteiger partial charge in [-0.3, -0.25) is 0 Å². The Morgan fingerprint density at radius 3 is 2.65 bits per heavy atom. The predicted molar refractivity (Wildman–Crippen MR) is 82.8 cm³/mol. The predicted octanol–water partition coefficient (Wildman–Crippen LogP) is 4.60. The SMILES string of the molecule is CNC(Cc1cc(F)ccc1Cl)c1cccc(C)c1C. The van der Waals surface area contributed by atoms with E-state index in [2.05, 4.69) is 37.4 Å². The molecule has 0 fully saturated rings. The van der Waals surface area contributed by atoms with E-state index in [0.29, 0.717) is 11.4 Å². The quantitative estimate of drug-likeness (QED) is 0.868. The van der Waals surface area contributed by atoms with Gasteiger partial charge in [0.25, 0.3) is 0 Å². The minimum atomic E-state index is -0.250. The van der Waals surface area contributed by atoms with E-state index in [1.807, 2.05) is 7.05 Å². The molecule has 1 N–H and O–H groups in total. The summed E-state index contributed by atoms with van der Waals surface area (Å²) in [7, 11) is 1.92. The summed E-state index contributed by atoms with van der Waals surface area (Å²) >= 11 is 6.16. The molecular weight excluding hydrogens is 273 g/mol. The molecule has 2 aromatic rings. The number of likely N-dealkylation sites (N-methyl/N-ethyl adjacent to an activating group) is 1. The molecule has 0 radical (unpaired) electrons. The minimum Gasteiger partial charge on any atom is -0.313 e. The van der Waals surface area contributed by atoms with Crippen molar-refractivity contribution in [3.05, 3.63) is 69.5 Å². The fourth-order valence-electron chi connectivity index (χ4n) is 2.44. The van der Waals surface area contributed by atoms with Crippen LogP contribution in [0.5, 0.6) is 0 Å². The Bertz CT molecular complexity index is 610. The van der Waals surface area contributed by atoms with Crippen LogP contribution >= 0.6 is 11.6 Å². The summed E-state index contributed by atoms with van der Waals surface area (Å²) in [5, 5.41) is 3.91. The van der Waals surface area contributed by atoms with E-state index in [1.54, 1.807) is 6.07 Å². The van der Waals surface area contributed by atoms with Gasteiger partial charge in [0.2, 0.25) is 0 Å². The topological polar surface area (TPSA) is 12.0 Å². The van der Waals surface area contributed by atoms with Crippen LogP contribution in [0, 0.1) is 19.7 Å². The lowest BCUT2D eigenvalue weighted by molar-refractivity contribution is 0.581. The highest BCUT2D eigenvalue weighted by Crippen LogP contribution is 2.27. The average molecular weight is 292 g/mol. The molecule has 0 aliphatic heterocycles. The van der Waals surface area contributed by atoms with E-state index in [1.165, 1.54) is 28.8 Å². The minimum absolute atomic E-state index is 0.120. The molecule has 106 valence electrons. The summed E-state index contributed by atoms with van der Waals surface area (Å²) in [4.78, 5) is 0. The number of benzene rings is 2. The highest BCUT2D eigenvalue weighted by atomic mass is 35.5. The van der Waals surface area contributed by atoms with Crippen molar-refractivity contribution < 1.29 is 4.39 Å². The number of hydrogen-bond donors (Lipinski definition) is 1. The number of halogens is 2. The number of nitrogens with one attached hydrogen (secondary N) is 1. The van der Waals surface area contributed by atoms with E-state index < -0.39 is 0 Å². The normalized spacial score (nSPS) is 12.4. The molecule has 0 amide bonds. The molecule has 0 aromatic heterocycles. The van der Waals surface area contributed by atoms with Crippen LogP contribution in [0.15, 0.2) is 36.4 Å². The molecule has 20 heavy (non-hydrogen) atoms. The van der Waals surface area contributed by atoms with Gasteiger partial charge in [-0.2, -0.15) is 0 Å². The fraction of sp³-hybridized carbons (Fsp3) is 0.294. The van der Waals surface area contributed by atoms with Crippen molar-refractivity contribution in [2.45, 2.75) is 26.3 Å². The molecule has 2 rings (SSSR count). The zero-order valence-corrected chi connectivity index (χ0v) is 12.8. The van der Waals surface area contributed by atoms with Crippen molar-refractivity contribution in [1.82, 2.24) is 5.32 Å². The molecule has 1 unspecified atom stereocenters. The number of hydrogen-bond acceptors (Lipinski definition) is 1. The maximum Gasteiger partial charge on any atom is 0.123 e. The molecule has 3 heteroatoms. The first-order valence-corrected chi connectivity index (χ1v) is 7.08. The third-order valence-corrected chi connectivity index (χ3v) is 4.17. The molecule has 2 aromatic carbocycles. The van der Waals surface area contributed by atoms with Crippen LogP contribution in [0.4, 0.5) is 4.39 Å². The third kappa shape index (κ3) is 3.20. The number of aryl methyl sites for hydroxylation is 1. The first-order chi connectivity index (χ1) is 9.52. The van der Waals surface area contributed by atoms with Gasteiger partial charge in [0.1, 0.15) is 5.82 Å². The molecule has 0 aliphatic rings. The maximum atomic E-state index is 13.4. The van der Waals surface area contributed by atoms with Crippen LogP contribution in [-0.4, -0.2) is 7.05 Å². The molecule has 1 nitrogen and oxygen atoms in total. The molecule has 0 bridgehead atoms. The van der Waals surface area contributed by atoms with Gasteiger partial charge in [-0.25, -0.2) is 4.39 Å². The highest BCUT2D eigenvalue weighted by Gasteiger charge is 2.15. The zero-order valence-electron chi connectivity index (χ0n) is 12.0. The molecule has 0 aliphatic carbocycles. The van der Waals surface area contributed by atoms with Gasteiger partial charge < -0.3 is 5.32 Å². The fourth-order valence-corrected chi connectivity index (χ4v) is 2.63. The average Bonchev–Trinajstić information content (AvgIpc) is 2.43. The molecule has 0 heterocycles. The van der Waals surface area contributed by atoms with E-state index in [-0.39, 0.29) is 11.9 Å². The van der Waals surface area contributed by atoms with E-state index in [0.717, 1.165) is 5.56 Å². The second-order valence-corrected chi connectivity index (χ2v) is 5.48. The lowest BCUT2D eigenvalue weighted by atomic mass is 9.93. The lowest BCUT2D eigenvalue weighted by Gasteiger charge is -2.20. The largest absolute Gasteiger partial charge is 0.313 e. The lowest BCUT2D eigenvalue weighted by Crippen LogP contribution is -2.20. The van der Waals surface area contributed by atoms with Gasteiger partial charge in [-0.15, -0.1) is 0 Å². The van der Waals surface area contributed by atoms with Crippen molar-refractivity contribution >= 4 is 11.6 Å². The summed E-state index contributed by atoms with van der Waals surface area (Å²) in [6, 6.07) is 10.9. The van der Waals surface area contributed by atoms with E-state index in [4.69, 9.17) is 11.6 Å². The Balaban J connectivity index is 2.34. The first-order valence-electron chi connectivity index (χ1n) is 6.70. The Hall–Kier alpha value is -1.38. The Morgan fingerprint density at radius 2 is 1.95 bits per heavy atom. The van der Waals surface area contributed by atoms with Crippen LogP contribution in [-0.2, 0) is 6.42 Å². The van der Waals surface area contributed by atoms with E-state index in [9.17, 15) is 4.39 Å². The van der Waals surface area contributed by atoms with Gasteiger partial charge >= 0.3 is 0 Å². The second kappa shape index (κ2) is 6.38. The van der Waals surface area contributed by atoms with Gasteiger partial charge in [-0.1, -0.05) is 29.8 Å². The first kappa shape index (κ1) is 15.0. The summed E-state index contributed by atoms with van der Waals surface area (Å²) < 4.78 is 13.4. The summed E-state index contributed by atoms with van der Waals surface area (Å²) in [5.41, 5.74) is 4.58. The van der Waals surface area contributed by atoms with Crippen molar-refractivity contribution in [2.24, 2.45) is 0 Å². The summed E-state index contributed by atoms with van der Waals surface area (Å²) in [6.07, 6.45) is 0.664. The standard InChI is InChI=1S/C17H19ClFN/c1-11-5-4-6-15(12(11)2)17(20-3)10-13-9-14(19)7-8-16(13)18/h4-9,17,20H,10H2,1-3H3. The summed E-state index contributed by atoms with van der Waals surface area (Å²) in [5.74, 6) is -0.250. The monoisotopic (exact) mass is 291 g/mol. The summed E-state index contributed by atoms with van der Waals surface area (Å²) in [6.45, 7) is 4.21. The van der Waals surface area contributed by atoms with Crippen molar-refractivity contribution in [3.8, 4) is 0 Å². The smallest absolute Gasteiger partial charge is 0.123 e. The van der Waals surface area contributed by atoms with E-state index >= 15 is 0 Å². The second-order valence-electron chi connectivity index (χ2n) is 5.07. The van der Waals surface area contributed by atoms with Gasteiger partial charge in [0.15, 0.2) is 0 Å². The van der Waals surface area contributed by atoms with Crippen LogP contribution < -0.4 is 5.32 Å². The third-order valence-electron chi connectivity index (χ3n) is 3.80. The Morgan fingerprint density at radius 1 is 1.20 bits per heavy atom. The van der Waals surface area contributed by atoms with Gasteiger partial charge in [-0.05, 0) is 67.8 Å². The van der Waals surface area contributed by atoms with Crippen molar-refractivity contribution in [3.63, 3.8) is 0 Å². The molecule has 0 saturated carbocycles. The maximum absolute atomic E-state index is 13.4. The van der Waals surface area contributed by atoms with Gasteiger partial charge in [0.05, 0.1) is 0 Å². The zero-order chi connectivity index (χ0) is 14.7. The Kier molecular flexibility index (Phi) is 4.79.